The minimum absolute atomic E-state index is 0.0152. The number of carbonyl (C=O) groups excluding carboxylic acids is 3. The molecule has 2 aliphatic rings. The van der Waals surface area contributed by atoms with E-state index in [9.17, 15) is 34.2 Å². The maximum absolute atomic E-state index is 13.3. The number of nitrogens with two attached hydrogens (primary N) is 5. The second-order valence-corrected chi connectivity index (χ2v) is 13.9. The van der Waals surface area contributed by atoms with Gasteiger partial charge in [0.25, 0.3) is 17.7 Å². The molecule has 1 saturated heterocycles. The van der Waals surface area contributed by atoms with Crippen LogP contribution in [0, 0.1) is 0 Å². The van der Waals surface area contributed by atoms with Crippen LogP contribution in [0.3, 0.4) is 0 Å². The van der Waals surface area contributed by atoms with Gasteiger partial charge in [-0.3, -0.25) is 23.8 Å². The lowest BCUT2D eigenvalue weighted by Crippen LogP contribution is -2.71. The SMILES string of the molecule is Cn1c(N)c(NC(=O)[C@H](CN)N=C(N)N)c[n+]1CC1=C(C(=O)O)N2C(=O)[C@@H](NC(=O)/C(=N/OC(C)(C)C(=O)O)c3nsc(N)n3)[C@H]2SC1.O=S(=O)([O-])O. The number of thioether (sulfide) groups is 1. The second-order valence-electron chi connectivity index (χ2n) is 11.2. The molecule has 0 bridgehead atoms. The first-order chi connectivity index (χ1) is 24.5. The van der Waals surface area contributed by atoms with E-state index in [1.807, 2.05) is 0 Å². The maximum Gasteiger partial charge on any atom is 0.352 e. The quantitative estimate of drug-likeness (QED) is 0.0172. The zero-order valence-electron chi connectivity index (χ0n) is 27.7. The highest BCUT2D eigenvalue weighted by Crippen LogP contribution is 2.40. The number of rotatable bonds is 13. The summed E-state index contributed by atoms with van der Waals surface area (Å²) in [6.45, 7) is 2.17. The molecule has 0 saturated carbocycles. The number of carboxylic acid groups (broad SMARTS) is 2. The number of aliphatic imine (C=N–C) groups is 1. The number of aromatic nitrogens is 4. The zero-order valence-corrected chi connectivity index (χ0v) is 30.1. The molecule has 290 valence electrons. The van der Waals surface area contributed by atoms with Crippen molar-refractivity contribution in [3.8, 4) is 0 Å². The van der Waals surface area contributed by atoms with Crippen molar-refractivity contribution in [2.75, 3.05) is 29.1 Å². The molecule has 4 heterocycles. The molecular formula is C24H34N14O12S3. The Morgan fingerprint density at radius 2 is 1.87 bits per heavy atom. The molecule has 26 nitrogen and oxygen atoms in total. The van der Waals surface area contributed by atoms with Crippen LogP contribution in [0.5, 0.6) is 0 Å². The fraction of sp³-hybridized carbons (Fsp3) is 0.417. The number of carboxylic acids is 2. The van der Waals surface area contributed by atoms with Gasteiger partial charge in [-0.1, -0.05) is 5.16 Å². The Bertz CT molecular complexity index is 2000. The summed E-state index contributed by atoms with van der Waals surface area (Å²) in [5, 5.41) is 27.4. The molecule has 2 aromatic heterocycles. The minimum atomic E-state index is -4.92. The fourth-order valence-electron chi connectivity index (χ4n) is 4.40. The van der Waals surface area contributed by atoms with Crippen molar-refractivity contribution in [3.05, 3.63) is 23.3 Å². The molecule has 29 heteroatoms. The highest BCUT2D eigenvalue weighted by Gasteiger charge is 2.55. The van der Waals surface area contributed by atoms with E-state index >= 15 is 0 Å². The zero-order chi connectivity index (χ0) is 40.2. The highest BCUT2D eigenvalue weighted by atomic mass is 32.3. The maximum atomic E-state index is 13.3. The number of nitrogens with zero attached hydrogens (tertiary/aromatic N) is 7. The van der Waals surface area contributed by atoms with Crippen molar-refractivity contribution in [2.45, 2.75) is 43.5 Å². The summed E-state index contributed by atoms with van der Waals surface area (Å²) < 4.78 is 39.7. The number of fused-ring (bicyclic) bond motifs is 1. The van der Waals surface area contributed by atoms with Gasteiger partial charge in [-0.15, -0.1) is 21.1 Å². The molecule has 0 radical (unpaired) electrons. The Morgan fingerprint density at radius 3 is 2.38 bits per heavy atom. The first kappa shape index (κ1) is 41.8. The van der Waals surface area contributed by atoms with E-state index < -0.39 is 68.8 Å². The number of anilines is 3. The molecule has 0 spiro atoms. The van der Waals surface area contributed by atoms with Crippen LogP contribution < -0.4 is 44.0 Å². The molecule has 15 N–H and O–H groups in total. The lowest BCUT2D eigenvalue weighted by atomic mass is 10.0. The molecule has 2 aromatic rings. The average molecular weight is 807 g/mol. The summed E-state index contributed by atoms with van der Waals surface area (Å²) in [6, 6.07) is -2.27. The van der Waals surface area contributed by atoms with Crippen LogP contribution in [0.4, 0.5) is 16.6 Å². The smallest absolute Gasteiger partial charge is 0.352 e. The third-order valence-electron chi connectivity index (χ3n) is 7.01. The number of amides is 3. The molecule has 53 heavy (non-hydrogen) atoms. The minimum Gasteiger partial charge on any atom is -0.726 e. The van der Waals surface area contributed by atoms with Crippen LogP contribution in [0.15, 0.2) is 27.6 Å². The average Bonchev–Trinajstić information content (AvgIpc) is 3.58. The molecule has 3 atom stereocenters. The van der Waals surface area contributed by atoms with E-state index in [-0.39, 0.29) is 53.0 Å². The van der Waals surface area contributed by atoms with Gasteiger partial charge in [0.2, 0.25) is 33.7 Å². The Balaban J connectivity index is 0.00000141. The summed E-state index contributed by atoms with van der Waals surface area (Å²) in [4.78, 5) is 76.9. The van der Waals surface area contributed by atoms with Gasteiger partial charge in [0.15, 0.2) is 29.1 Å². The monoisotopic (exact) mass is 806 g/mol. The third kappa shape index (κ3) is 10.3. The first-order valence-corrected chi connectivity index (χ1v) is 17.6. The summed E-state index contributed by atoms with van der Waals surface area (Å²) in [6.07, 6.45) is 1.47. The van der Waals surface area contributed by atoms with Crippen molar-refractivity contribution in [1.82, 2.24) is 24.3 Å². The first-order valence-electron chi connectivity index (χ1n) is 14.4. The lowest BCUT2D eigenvalue weighted by molar-refractivity contribution is -0.765. The molecule has 1 fully saturated rings. The molecule has 4 rings (SSSR count). The van der Waals surface area contributed by atoms with Crippen LogP contribution in [0.2, 0.25) is 0 Å². The number of β-lactam (4-membered cyclic amide) rings is 1. The van der Waals surface area contributed by atoms with Crippen LogP contribution in [-0.2, 0) is 52.8 Å². The van der Waals surface area contributed by atoms with Gasteiger partial charge in [0, 0.05) is 29.4 Å². The van der Waals surface area contributed by atoms with Crippen molar-refractivity contribution >= 4 is 91.7 Å². The number of guanidine groups is 1. The van der Waals surface area contributed by atoms with E-state index in [4.69, 9.17) is 51.0 Å². The summed E-state index contributed by atoms with van der Waals surface area (Å²) in [5.41, 5.74) is 26.0. The van der Waals surface area contributed by atoms with Crippen LogP contribution in [-0.4, -0.2) is 123 Å². The van der Waals surface area contributed by atoms with E-state index in [2.05, 4.69) is 30.1 Å². The van der Waals surface area contributed by atoms with Gasteiger partial charge in [0.05, 0.1) is 7.05 Å². The number of hydrogen-bond donors (Lipinski definition) is 10. The van der Waals surface area contributed by atoms with E-state index in [0.29, 0.717) is 5.57 Å². The molecular weight excluding hydrogens is 773 g/mol. The number of aliphatic carboxylic acids is 2. The predicted octanol–water partition coefficient (Wildman–Crippen LogP) is -5.11. The predicted molar refractivity (Wildman–Crippen MR) is 183 cm³/mol. The third-order valence-corrected chi connectivity index (χ3v) is 8.90. The van der Waals surface area contributed by atoms with Crippen molar-refractivity contribution in [1.29, 1.82) is 0 Å². The van der Waals surface area contributed by atoms with Crippen LogP contribution in [0.1, 0.15) is 19.7 Å². The second kappa shape index (κ2) is 16.4. The van der Waals surface area contributed by atoms with Gasteiger partial charge in [0.1, 0.15) is 23.2 Å². The lowest BCUT2D eigenvalue weighted by Gasteiger charge is -2.49. The van der Waals surface area contributed by atoms with Crippen molar-refractivity contribution in [2.24, 2.45) is 34.4 Å². The molecule has 0 aliphatic carbocycles. The largest absolute Gasteiger partial charge is 0.726 e. The van der Waals surface area contributed by atoms with Gasteiger partial charge in [-0.2, -0.15) is 9.36 Å². The highest BCUT2D eigenvalue weighted by molar-refractivity contribution is 8.00. The normalized spacial score (nSPS) is 17.7. The number of oxime groups is 1. The van der Waals surface area contributed by atoms with Gasteiger partial charge < -0.3 is 58.9 Å². The Labute approximate surface area is 306 Å². The molecule has 3 amide bonds. The molecule has 0 aromatic carbocycles. The Morgan fingerprint density at radius 1 is 1.25 bits per heavy atom. The number of nitrogens with one attached hydrogen (secondary N) is 2. The van der Waals surface area contributed by atoms with Crippen molar-refractivity contribution < 1.29 is 61.2 Å². The van der Waals surface area contributed by atoms with Gasteiger partial charge >= 0.3 is 11.9 Å². The summed E-state index contributed by atoms with van der Waals surface area (Å²) in [5.74, 6) is -5.46. The van der Waals surface area contributed by atoms with Crippen LogP contribution in [0.25, 0.3) is 0 Å². The standard InChI is InChI=1S/C24H32N14O8S2.H2O4S/c1-24(2,21(44)45)46-34-11(15-33-23(29)48-35-15)17(40)32-12-18(41)38-13(20(42)43)8(7-47-19(12)38)5-37-6-10(14(26)36(37)3)30-16(39)9(4-25)31-22(27)28;1-5(2,3)4/h6,9,12,19,26H,4-5,7,25H2,1-3H3,(H10,27,28,29,30,31,32,33,35,39,40,42,43,44,45);(H2,1,2,3,4)/b34-11+;/t9-,12+,19+;/m0./s1. The van der Waals surface area contributed by atoms with Crippen LogP contribution >= 0.6 is 23.3 Å². The topological polar surface area (TPSA) is 429 Å². The number of hydrogen-bond acceptors (Lipinski definition) is 18. The molecule has 0 unspecified atom stereocenters. The van der Waals surface area contributed by atoms with Gasteiger partial charge in [-0.05, 0) is 13.8 Å². The Kier molecular flexibility index (Phi) is 12.9. The molecule has 2 aliphatic heterocycles. The van der Waals surface area contributed by atoms with E-state index in [0.717, 1.165) is 16.4 Å². The number of nitrogen functional groups attached to an aromatic ring is 2. The Hall–Kier alpha value is -5.62. The van der Waals surface area contributed by atoms with Crippen molar-refractivity contribution in [3.63, 3.8) is 0 Å². The van der Waals surface area contributed by atoms with E-state index in [1.165, 1.54) is 41.2 Å². The summed E-state index contributed by atoms with van der Waals surface area (Å²) in [7, 11) is -3.34. The summed E-state index contributed by atoms with van der Waals surface area (Å²) >= 11 is 1.93. The number of carbonyl (C=O) groups is 5. The van der Waals surface area contributed by atoms with E-state index in [1.54, 1.807) is 7.05 Å². The van der Waals surface area contributed by atoms with Gasteiger partial charge in [-0.25, -0.2) is 23.0 Å². The fourth-order valence-corrected chi connectivity index (χ4v) is 6.17.